The number of ether oxygens (including phenoxy) is 2. The molecule has 0 N–H and O–H groups in total. The van der Waals surface area contributed by atoms with E-state index in [1.807, 2.05) is 22.4 Å². The van der Waals surface area contributed by atoms with Gasteiger partial charge in [-0.1, -0.05) is 34.4 Å². The van der Waals surface area contributed by atoms with Gasteiger partial charge in [-0.25, -0.2) is 9.97 Å². The second kappa shape index (κ2) is 12.4. The minimum Gasteiger partial charge on any atom is -0.491 e. The lowest BCUT2D eigenvalue weighted by atomic mass is 9.97. The Kier molecular flexibility index (Phi) is 9.17. The summed E-state index contributed by atoms with van der Waals surface area (Å²) in [5.41, 5.74) is 2.35. The maximum absolute atomic E-state index is 12.8. The van der Waals surface area contributed by atoms with Crippen LogP contribution in [-0.2, 0) is 9.63 Å². The van der Waals surface area contributed by atoms with E-state index in [-0.39, 0.29) is 24.5 Å². The number of carbonyl (C=O) groups is 1. The molecule has 2 aliphatic rings. The topological polar surface area (TPSA) is 86.1 Å². The minimum atomic E-state index is -0.328. The van der Waals surface area contributed by atoms with Crippen LogP contribution in [0.15, 0.2) is 34.8 Å². The highest BCUT2D eigenvalue weighted by atomic mass is 127. The summed E-state index contributed by atoms with van der Waals surface area (Å²) in [6.07, 6.45) is 1.90. The molecule has 1 unspecified atom stereocenters. The first-order chi connectivity index (χ1) is 18.3. The molecule has 1 amide bonds. The van der Waals surface area contributed by atoms with Gasteiger partial charge in [0.1, 0.15) is 9.41 Å². The Morgan fingerprint density at radius 2 is 1.95 bits per heavy atom. The van der Waals surface area contributed by atoms with Crippen LogP contribution in [0.4, 0.5) is 0 Å². The predicted molar refractivity (Wildman–Crippen MR) is 164 cm³/mol. The molecule has 1 atom stereocenters. The Morgan fingerprint density at radius 1 is 1.21 bits per heavy atom. The molecule has 5 rings (SSSR count). The lowest BCUT2D eigenvalue weighted by Gasteiger charge is -2.31. The highest BCUT2D eigenvalue weighted by Crippen LogP contribution is 2.39. The van der Waals surface area contributed by atoms with Crippen LogP contribution in [0.25, 0.3) is 0 Å². The average molecular weight is 799 g/mol. The highest BCUT2D eigenvalue weighted by Gasteiger charge is 2.31. The molecular formula is C25H22Cl2I2N4O4S. The Balaban J connectivity index is 1.14. The van der Waals surface area contributed by atoms with Crippen LogP contribution < -0.4 is 9.47 Å². The Morgan fingerprint density at radius 3 is 2.66 bits per heavy atom. The van der Waals surface area contributed by atoms with Crippen molar-refractivity contribution in [3.8, 4) is 11.6 Å². The summed E-state index contributed by atoms with van der Waals surface area (Å²) < 4.78 is 12.8. The van der Waals surface area contributed by atoms with Crippen molar-refractivity contribution in [1.29, 1.82) is 0 Å². The molecule has 1 aromatic carbocycles. The summed E-state index contributed by atoms with van der Waals surface area (Å²) in [6, 6.07) is 7.25. The summed E-state index contributed by atoms with van der Waals surface area (Å²) in [7, 11) is 1.56. The monoisotopic (exact) mass is 798 g/mol. The second-order valence-electron chi connectivity index (χ2n) is 8.75. The van der Waals surface area contributed by atoms with Gasteiger partial charge >= 0.3 is 0 Å². The van der Waals surface area contributed by atoms with Crippen molar-refractivity contribution in [3.05, 3.63) is 63.2 Å². The Labute approximate surface area is 261 Å². The zero-order valence-electron chi connectivity index (χ0n) is 20.1. The number of methoxy groups -OCH3 is 1. The molecule has 38 heavy (non-hydrogen) atoms. The average Bonchev–Trinajstić information content (AvgIpc) is 3.59. The van der Waals surface area contributed by atoms with Gasteiger partial charge in [0.25, 0.3) is 11.8 Å². The van der Waals surface area contributed by atoms with E-state index in [0.29, 0.717) is 41.2 Å². The molecule has 4 heterocycles. The minimum absolute atomic E-state index is 0.0672. The third kappa shape index (κ3) is 6.16. The summed E-state index contributed by atoms with van der Waals surface area (Å²) >= 11 is 18.6. The third-order valence-corrected chi connectivity index (χ3v) is 10.8. The van der Waals surface area contributed by atoms with Crippen LogP contribution in [0, 0.1) is 7.27 Å². The van der Waals surface area contributed by atoms with Gasteiger partial charge in [-0.15, -0.1) is 11.3 Å². The van der Waals surface area contributed by atoms with E-state index >= 15 is 0 Å². The Bertz CT molecular complexity index is 1360. The van der Waals surface area contributed by atoms with E-state index in [2.05, 4.69) is 55.3 Å². The zero-order chi connectivity index (χ0) is 26.8. The van der Waals surface area contributed by atoms with Crippen LogP contribution in [0.5, 0.6) is 11.6 Å². The number of rotatable bonds is 7. The number of hydrogen-bond acceptors (Lipinski definition) is 8. The smallest absolute Gasteiger partial charge is 0.260 e. The standard InChI is InChI=1S/C25H22Cl2I2N4O4S/c1-35-20-9-16(28)23(29)31-24(20)36-11-21(34)33-7-5-13(6-8-33)25-30-18(12-38-25)17-10-19(37-32-17)22-14(26)3-2-4-15(22)27/h2-4,9,12-13,19H,5-8,10-11H2,1H3. The number of likely N-dealkylation sites (tertiary alicyclic amines) is 1. The summed E-state index contributed by atoms with van der Waals surface area (Å²) in [5, 5.41) is 8.46. The van der Waals surface area contributed by atoms with E-state index in [0.717, 1.165) is 42.1 Å². The van der Waals surface area contributed by atoms with Gasteiger partial charge in [0.15, 0.2) is 18.5 Å². The van der Waals surface area contributed by atoms with E-state index in [9.17, 15) is 4.79 Å². The fourth-order valence-electron chi connectivity index (χ4n) is 4.39. The zero-order valence-corrected chi connectivity index (χ0v) is 26.8. The van der Waals surface area contributed by atoms with Crippen LogP contribution in [0.1, 0.15) is 47.5 Å². The van der Waals surface area contributed by atoms with Gasteiger partial charge in [-0.2, -0.15) is 0 Å². The number of carbonyl (C=O) groups excluding carboxylic acids is 1. The van der Waals surface area contributed by atoms with Gasteiger partial charge in [0.05, 0.1) is 17.8 Å². The molecule has 3 aromatic rings. The molecule has 2 aromatic heterocycles. The van der Waals surface area contributed by atoms with Crippen molar-refractivity contribution in [2.75, 3.05) is 26.8 Å². The number of oxime groups is 1. The van der Waals surface area contributed by atoms with Crippen LogP contribution in [0.2, 0.25) is 10.0 Å². The molecule has 0 radical (unpaired) electrons. The molecule has 0 spiro atoms. The van der Waals surface area contributed by atoms with E-state index in [1.54, 1.807) is 30.6 Å². The first-order valence-electron chi connectivity index (χ1n) is 11.8. The predicted octanol–water partition coefficient (Wildman–Crippen LogP) is 6.71. The van der Waals surface area contributed by atoms with Gasteiger partial charge in [-0.05, 0) is 70.2 Å². The largest absolute Gasteiger partial charge is 0.491 e. The number of amides is 1. The van der Waals surface area contributed by atoms with E-state index in [1.165, 1.54) is 0 Å². The lowest BCUT2D eigenvalue weighted by Crippen LogP contribution is -2.40. The van der Waals surface area contributed by atoms with Crippen LogP contribution >= 0.6 is 79.7 Å². The number of hydrogen-bond donors (Lipinski definition) is 0. The number of nitrogens with zero attached hydrogens (tertiary/aromatic N) is 4. The molecule has 1 fully saturated rings. The van der Waals surface area contributed by atoms with Crippen molar-refractivity contribution < 1.29 is 19.1 Å². The molecular weight excluding hydrogens is 777 g/mol. The van der Waals surface area contributed by atoms with Crippen molar-refractivity contribution >= 4 is 91.3 Å². The second-order valence-corrected chi connectivity index (χ2v) is 12.6. The molecule has 8 nitrogen and oxygen atoms in total. The molecule has 0 saturated carbocycles. The lowest BCUT2D eigenvalue weighted by molar-refractivity contribution is -0.134. The summed E-state index contributed by atoms with van der Waals surface area (Å²) in [5.74, 6) is 1.06. The molecule has 200 valence electrons. The number of halogens is 4. The van der Waals surface area contributed by atoms with Crippen molar-refractivity contribution in [2.45, 2.75) is 31.3 Å². The fourth-order valence-corrected chi connectivity index (χ4v) is 6.81. The normalized spacial score (nSPS) is 17.8. The third-order valence-electron chi connectivity index (χ3n) is 6.42. The maximum Gasteiger partial charge on any atom is 0.260 e. The fraction of sp³-hybridized carbons (Fsp3) is 0.360. The van der Waals surface area contributed by atoms with Crippen molar-refractivity contribution in [2.24, 2.45) is 5.16 Å². The van der Waals surface area contributed by atoms with E-state index in [4.69, 9.17) is 42.5 Å². The number of piperidine rings is 1. The van der Waals surface area contributed by atoms with Crippen molar-refractivity contribution in [3.63, 3.8) is 0 Å². The van der Waals surface area contributed by atoms with Gasteiger partial charge in [0, 0.05) is 56.1 Å². The number of thiazole rings is 1. The number of pyridine rings is 1. The molecule has 2 aliphatic heterocycles. The quantitative estimate of drug-likeness (QED) is 0.195. The van der Waals surface area contributed by atoms with Gasteiger partial charge in [-0.3, -0.25) is 4.79 Å². The first kappa shape index (κ1) is 28.1. The Hall–Kier alpha value is -1.42. The van der Waals surface area contributed by atoms with Gasteiger partial charge < -0.3 is 19.2 Å². The summed E-state index contributed by atoms with van der Waals surface area (Å²) in [6.45, 7) is 1.21. The SMILES string of the molecule is COc1cc(I)c(I)nc1OCC(=O)N1CCC(c2nc(C3=NOC(c4c(Cl)cccc4Cl)C3)cs2)CC1. The number of aromatic nitrogens is 2. The van der Waals surface area contributed by atoms with Crippen LogP contribution in [0.3, 0.4) is 0 Å². The molecule has 1 saturated heterocycles. The first-order valence-corrected chi connectivity index (χ1v) is 15.6. The van der Waals surface area contributed by atoms with Gasteiger partial charge in [0.2, 0.25) is 0 Å². The molecule has 0 aliphatic carbocycles. The molecule has 0 bridgehead atoms. The molecule has 13 heteroatoms. The van der Waals surface area contributed by atoms with Crippen molar-refractivity contribution in [1.82, 2.24) is 14.9 Å². The highest BCUT2D eigenvalue weighted by molar-refractivity contribution is 14.1. The van der Waals surface area contributed by atoms with Crippen LogP contribution in [-0.4, -0.2) is 53.3 Å². The number of benzene rings is 1. The summed E-state index contributed by atoms with van der Waals surface area (Å²) in [4.78, 5) is 29.6. The maximum atomic E-state index is 12.8. The van der Waals surface area contributed by atoms with E-state index < -0.39 is 0 Å².